The molecule has 0 fully saturated rings. The van der Waals surface area contributed by atoms with Crippen molar-refractivity contribution in [1.82, 2.24) is 15.2 Å². The predicted octanol–water partition coefficient (Wildman–Crippen LogP) is 1.30. The lowest BCUT2D eigenvalue weighted by Crippen LogP contribution is -2.24. The van der Waals surface area contributed by atoms with Crippen molar-refractivity contribution in [1.29, 1.82) is 0 Å². The van der Waals surface area contributed by atoms with E-state index >= 15 is 0 Å². The molecule has 3 rings (SSSR count). The van der Waals surface area contributed by atoms with Crippen LogP contribution in [0.25, 0.3) is 10.9 Å². The molecule has 1 aliphatic heterocycles. The van der Waals surface area contributed by atoms with Crippen molar-refractivity contribution in [2.45, 2.75) is 13.0 Å². The number of nitrogens with one attached hydrogen (secondary N) is 2. The molecule has 0 amide bonds. The summed E-state index contributed by atoms with van der Waals surface area (Å²) in [5.41, 5.74) is 1.44. The Kier molecular flexibility index (Phi) is 4.31. The van der Waals surface area contributed by atoms with Gasteiger partial charge in [-0.3, -0.25) is 4.79 Å². The summed E-state index contributed by atoms with van der Waals surface area (Å²) in [5.74, 6) is 1.40. The highest BCUT2D eigenvalue weighted by molar-refractivity contribution is 5.83. The van der Waals surface area contributed by atoms with Crippen LogP contribution in [-0.2, 0) is 6.54 Å². The summed E-state index contributed by atoms with van der Waals surface area (Å²) >= 11 is 0. The van der Waals surface area contributed by atoms with Gasteiger partial charge in [0.15, 0.2) is 11.5 Å². The predicted molar refractivity (Wildman–Crippen MR) is 85.6 cm³/mol. The number of benzene rings is 1. The van der Waals surface area contributed by atoms with Gasteiger partial charge in [-0.25, -0.2) is 0 Å². The maximum Gasteiger partial charge on any atom is 0.252 e. The van der Waals surface area contributed by atoms with Crippen LogP contribution in [0.15, 0.2) is 23.0 Å². The van der Waals surface area contributed by atoms with Crippen molar-refractivity contribution in [3.05, 3.63) is 34.1 Å². The molecule has 0 saturated heterocycles. The molecule has 2 heterocycles. The van der Waals surface area contributed by atoms with Crippen LogP contribution in [0.1, 0.15) is 12.0 Å². The standard InChI is InChI=1S/C16H21N3O3/c1-19(2)5-3-4-17-9-12-6-11-7-14-15(22-10-21-14)8-13(11)18-16(12)20/h6-8,17H,3-5,9-10H2,1-2H3,(H,18,20). The normalized spacial score (nSPS) is 13.2. The fraction of sp³-hybridized carbons (Fsp3) is 0.438. The van der Waals surface area contributed by atoms with Gasteiger partial charge in [0, 0.05) is 23.6 Å². The van der Waals surface area contributed by atoms with Crippen molar-refractivity contribution in [3.63, 3.8) is 0 Å². The molecule has 2 aromatic rings. The molecular weight excluding hydrogens is 282 g/mol. The van der Waals surface area contributed by atoms with Crippen LogP contribution in [0.2, 0.25) is 0 Å². The van der Waals surface area contributed by atoms with E-state index in [9.17, 15) is 4.79 Å². The van der Waals surface area contributed by atoms with Gasteiger partial charge in [-0.05, 0) is 45.7 Å². The van der Waals surface area contributed by atoms with E-state index in [4.69, 9.17) is 9.47 Å². The van der Waals surface area contributed by atoms with Gasteiger partial charge >= 0.3 is 0 Å². The second-order valence-corrected chi connectivity index (χ2v) is 5.75. The zero-order chi connectivity index (χ0) is 15.5. The first-order chi connectivity index (χ1) is 10.6. The van der Waals surface area contributed by atoms with Crippen molar-refractivity contribution in [2.75, 3.05) is 34.0 Å². The third-order valence-electron chi connectivity index (χ3n) is 3.69. The van der Waals surface area contributed by atoms with Crippen molar-refractivity contribution in [2.24, 2.45) is 0 Å². The van der Waals surface area contributed by atoms with E-state index in [2.05, 4.69) is 29.3 Å². The summed E-state index contributed by atoms with van der Waals surface area (Å²) in [6.45, 7) is 2.71. The van der Waals surface area contributed by atoms with E-state index in [0.717, 1.165) is 41.7 Å². The highest BCUT2D eigenvalue weighted by Crippen LogP contribution is 2.35. The molecule has 2 N–H and O–H groups in total. The van der Waals surface area contributed by atoms with Crippen LogP contribution in [0.5, 0.6) is 11.5 Å². The quantitative estimate of drug-likeness (QED) is 0.787. The summed E-state index contributed by atoms with van der Waals surface area (Å²) in [4.78, 5) is 17.2. The molecule has 6 nitrogen and oxygen atoms in total. The van der Waals surface area contributed by atoms with Crippen LogP contribution in [0.4, 0.5) is 0 Å². The maximum atomic E-state index is 12.1. The summed E-state index contributed by atoms with van der Waals surface area (Å²) in [5, 5.41) is 4.27. The van der Waals surface area contributed by atoms with Gasteiger partial charge in [0.2, 0.25) is 6.79 Å². The number of rotatable bonds is 6. The van der Waals surface area contributed by atoms with Gasteiger partial charge in [-0.1, -0.05) is 0 Å². The molecule has 0 atom stereocenters. The first kappa shape index (κ1) is 14.9. The summed E-state index contributed by atoms with van der Waals surface area (Å²) in [6, 6.07) is 5.63. The van der Waals surface area contributed by atoms with Crippen LogP contribution < -0.4 is 20.3 Å². The van der Waals surface area contributed by atoms with Gasteiger partial charge in [0.1, 0.15) is 0 Å². The Balaban J connectivity index is 1.72. The SMILES string of the molecule is CN(C)CCCNCc1cc2cc3c(cc2[nH]c1=O)OCO3. The Morgan fingerprint density at radius 2 is 2.00 bits per heavy atom. The fourth-order valence-corrected chi connectivity index (χ4v) is 2.52. The Bertz CT molecular complexity index is 724. The van der Waals surface area contributed by atoms with E-state index in [1.807, 2.05) is 18.2 Å². The molecule has 0 saturated carbocycles. The number of fused-ring (bicyclic) bond motifs is 2. The number of nitrogens with zero attached hydrogens (tertiary/aromatic N) is 1. The molecule has 1 aromatic carbocycles. The van der Waals surface area contributed by atoms with E-state index in [0.29, 0.717) is 12.3 Å². The third-order valence-corrected chi connectivity index (χ3v) is 3.69. The zero-order valence-electron chi connectivity index (χ0n) is 12.9. The first-order valence-electron chi connectivity index (χ1n) is 7.44. The Morgan fingerprint density at radius 3 is 2.77 bits per heavy atom. The number of aromatic amines is 1. The monoisotopic (exact) mass is 303 g/mol. The van der Waals surface area contributed by atoms with Crippen LogP contribution in [0, 0.1) is 0 Å². The van der Waals surface area contributed by atoms with Crippen LogP contribution in [-0.4, -0.2) is 43.9 Å². The first-order valence-corrected chi connectivity index (χ1v) is 7.44. The number of aromatic nitrogens is 1. The van der Waals surface area contributed by atoms with Crippen molar-refractivity contribution < 1.29 is 9.47 Å². The number of hydrogen-bond acceptors (Lipinski definition) is 5. The Labute approximate surface area is 129 Å². The summed E-state index contributed by atoms with van der Waals surface area (Å²) in [6.07, 6.45) is 1.05. The molecule has 6 heteroatoms. The minimum absolute atomic E-state index is 0.0634. The lowest BCUT2D eigenvalue weighted by atomic mass is 10.1. The molecule has 0 bridgehead atoms. The number of H-pyrrole nitrogens is 1. The Hall–Kier alpha value is -2.05. The minimum Gasteiger partial charge on any atom is -0.454 e. The smallest absolute Gasteiger partial charge is 0.252 e. The number of pyridine rings is 1. The summed E-state index contributed by atoms with van der Waals surface area (Å²) in [7, 11) is 4.11. The molecule has 22 heavy (non-hydrogen) atoms. The second kappa shape index (κ2) is 6.37. The van der Waals surface area contributed by atoms with Gasteiger partial charge in [0.05, 0.1) is 5.52 Å². The molecular formula is C16H21N3O3. The molecule has 118 valence electrons. The zero-order valence-corrected chi connectivity index (χ0v) is 12.9. The highest BCUT2D eigenvalue weighted by Gasteiger charge is 2.15. The summed E-state index contributed by atoms with van der Waals surface area (Å²) < 4.78 is 10.7. The Morgan fingerprint density at radius 1 is 1.23 bits per heavy atom. The lowest BCUT2D eigenvalue weighted by Gasteiger charge is -2.10. The number of ether oxygens (including phenoxy) is 2. The van der Waals surface area contributed by atoms with E-state index in [1.54, 1.807) is 0 Å². The van der Waals surface area contributed by atoms with Gasteiger partial charge < -0.3 is 24.7 Å². The van der Waals surface area contributed by atoms with E-state index in [-0.39, 0.29) is 12.4 Å². The average molecular weight is 303 g/mol. The maximum absolute atomic E-state index is 12.1. The minimum atomic E-state index is -0.0634. The van der Waals surface area contributed by atoms with Crippen molar-refractivity contribution in [3.8, 4) is 11.5 Å². The molecule has 1 aromatic heterocycles. The average Bonchev–Trinajstić information content (AvgIpc) is 2.91. The van der Waals surface area contributed by atoms with Gasteiger partial charge in [0.25, 0.3) is 5.56 Å². The van der Waals surface area contributed by atoms with Crippen LogP contribution >= 0.6 is 0 Å². The third kappa shape index (κ3) is 3.23. The van der Waals surface area contributed by atoms with E-state index < -0.39 is 0 Å². The van der Waals surface area contributed by atoms with Crippen molar-refractivity contribution >= 4 is 10.9 Å². The highest BCUT2D eigenvalue weighted by atomic mass is 16.7. The number of hydrogen-bond donors (Lipinski definition) is 2. The molecule has 0 radical (unpaired) electrons. The lowest BCUT2D eigenvalue weighted by molar-refractivity contribution is 0.174. The van der Waals surface area contributed by atoms with Crippen LogP contribution in [0.3, 0.4) is 0 Å². The fourth-order valence-electron chi connectivity index (χ4n) is 2.52. The largest absolute Gasteiger partial charge is 0.454 e. The topological polar surface area (TPSA) is 66.6 Å². The molecule has 0 spiro atoms. The molecule has 0 unspecified atom stereocenters. The van der Waals surface area contributed by atoms with E-state index in [1.165, 1.54) is 0 Å². The second-order valence-electron chi connectivity index (χ2n) is 5.75. The van der Waals surface area contributed by atoms with Gasteiger partial charge in [-0.15, -0.1) is 0 Å². The molecule has 1 aliphatic rings. The van der Waals surface area contributed by atoms with Gasteiger partial charge in [-0.2, -0.15) is 0 Å². The molecule has 0 aliphatic carbocycles.